The lowest BCUT2D eigenvalue weighted by molar-refractivity contribution is 0.102. The van der Waals surface area contributed by atoms with Crippen LogP contribution in [0.25, 0.3) is 0 Å². The molecule has 100 valence electrons. The molecule has 19 heavy (non-hydrogen) atoms. The van der Waals surface area contributed by atoms with Crippen LogP contribution in [-0.4, -0.2) is 16.1 Å². The maximum atomic E-state index is 12.4. The van der Waals surface area contributed by atoms with E-state index in [0.29, 0.717) is 22.8 Å². The van der Waals surface area contributed by atoms with Crippen molar-refractivity contribution in [3.63, 3.8) is 0 Å². The Balaban J connectivity index is 2.06. The number of nitrogens with one attached hydrogen (secondary N) is 1. The highest BCUT2D eigenvalue weighted by molar-refractivity contribution is 7.94. The summed E-state index contributed by atoms with van der Waals surface area (Å²) < 4.78 is 17.7. The van der Waals surface area contributed by atoms with Gasteiger partial charge in [-0.15, -0.1) is 5.10 Å². The summed E-state index contributed by atoms with van der Waals surface area (Å²) >= 11 is 0.0860. The van der Waals surface area contributed by atoms with Crippen LogP contribution in [0.5, 0.6) is 0 Å². The lowest BCUT2D eigenvalue weighted by atomic mass is 10.2. The molecule has 0 atom stereocenters. The second kappa shape index (κ2) is 6.33. The number of nitrogens with zero attached hydrogens (tertiary/aromatic N) is 2. The van der Waals surface area contributed by atoms with Crippen molar-refractivity contribution >= 4 is 24.1 Å². The van der Waals surface area contributed by atoms with Crippen molar-refractivity contribution in [3.05, 3.63) is 35.7 Å². The van der Waals surface area contributed by atoms with Gasteiger partial charge in [0.15, 0.2) is 0 Å². The molecule has 1 amide bonds. The largest absolute Gasteiger partial charge is 0.408 e. The Morgan fingerprint density at radius 1 is 1.47 bits per heavy atom. The molecule has 0 saturated heterocycles. The van der Waals surface area contributed by atoms with Crippen LogP contribution in [0.3, 0.4) is 0 Å². The maximum Gasteiger partial charge on any atom is 0.322 e. The number of amides is 1. The third kappa shape index (κ3) is 3.54. The lowest BCUT2D eigenvalue weighted by Crippen LogP contribution is -2.12. The van der Waals surface area contributed by atoms with Crippen LogP contribution < -0.4 is 5.32 Å². The van der Waals surface area contributed by atoms with E-state index >= 15 is 0 Å². The Bertz CT molecular complexity index is 574. The first-order valence-corrected chi connectivity index (χ1v) is 6.47. The molecule has 5 nitrogen and oxygen atoms in total. The molecule has 2 rings (SSSR count). The number of aryl methyl sites for hydroxylation is 1. The molecule has 1 aromatic carbocycles. The predicted octanol–water partition coefficient (Wildman–Crippen LogP) is 3.25. The number of halogens is 1. The summed E-state index contributed by atoms with van der Waals surface area (Å²) in [6, 6.07) is 6.26. The number of anilines is 1. The third-order valence-corrected chi connectivity index (χ3v) is 2.77. The molecule has 0 aliphatic carbocycles. The van der Waals surface area contributed by atoms with Gasteiger partial charge >= 0.3 is 6.01 Å². The molecule has 1 N–H and O–H groups in total. The van der Waals surface area contributed by atoms with Crippen molar-refractivity contribution in [1.82, 2.24) is 10.2 Å². The van der Waals surface area contributed by atoms with Crippen LogP contribution in [0.15, 0.2) is 33.6 Å². The molecule has 1 heterocycles. The Morgan fingerprint density at radius 2 is 2.32 bits per heavy atom. The third-order valence-electron chi connectivity index (χ3n) is 2.34. The molecule has 7 heteroatoms. The average molecular weight is 281 g/mol. The highest BCUT2D eigenvalue weighted by Crippen LogP contribution is 2.20. The maximum absolute atomic E-state index is 12.4. The fourth-order valence-corrected chi connectivity index (χ4v) is 1.78. The van der Waals surface area contributed by atoms with Crippen LogP contribution in [-0.2, 0) is 6.42 Å². The summed E-state index contributed by atoms with van der Waals surface area (Å²) in [7, 11) is 0. The van der Waals surface area contributed by atoms with Gasteiger partial charge in [-0.2, -0.15) is 3.89 Å². The Kier molecular flexibility index (Phi) is 4.51. The van der Waals surface area contributed by atoms with E-state index in [4.69, 9.17) is 4.42 Å². The summed E-state index contributed by atoms with van der Waals surface area (Å²) in [6.07, 6.45) is 1.54. The lowest BCUT2D eigenvalue weighted by Gasteiger charge is -2.01. The highest BCUT2D eigenvalue weighted by Gasteiger charge is 2.11. The van der Waals surface area contributed by atoms with E-state index in [0.717, 1.165) is 6.42 Å². The molecule has 0 fully saturated rings. The van der Waals surface area contributed by atoms with E-state index in [1.807, 2.05) is 6.92 Å². The number of benzene rings is 1. The molecule has 1 aromatic heterocycles. The van der Waals surface area contributed by atoms with Gasteiger partial charge in [0.25, 0.3) is 5.91 Å². The van der Waals surface area contributed by atoms with Crippen LogP contribution in [0.2, 0.25) is 0 Å². The summed E-state index contributed by atoms with van der Waals surface area (Å²) in [5.41, 5.74) is 0.331. The number of hydrogen-bond donors (Lipinski definition) is 1. The SMILES string of the molecule is CCCc1nnc(NC(=O)c2cccc(SF)c2)o1. The van der Waals surface area contributed by atoms with Crippen LogP contribution >= 0.6 is 12.1 Å². The normalized spacial score (nSPS) is 10.4. The standard InChI is InChI=1S/C12H12FN3O2S/c1-2-4-10-15-16-12(18-10)14-11(17)8-5-3-6-9(7-8)19-13/h3,5-7H,2,4H2,1H3,(H,14,16,17). The average Bonchev–Trinajstić information content (AvgIpc) is 2.86. The van der Waals surface area contributed by atoms with Gasteiger partial charge in [0.1, 0.15) is 0 Å². The van der Waals surface area contributed by atoms with Crippen molar-refractivity contribution in [2.45, 2.75) is 24.7 Å². The minimum absolute atomic E-state index is 0.0479. The fraction of sp³-hybridized carbons (Fsp3) is 0.250. The monoisotopic (exact) mass is 281 g/mol. The highest BCUT2D eigenvalue weighted by atomic mass is 32.2. The Hall–Kier alpha value is -1.89. The van der Waals surface area contributed by atoms with Gasteiger partial charge in [-0.05, 0) is 24.6 Å². The number of rotatable bonds is 5. The van der Waals surface area contributed by atoms with Gasteiger partial charge in [0.2, 0.25) is 5.89 Å². The molecule has 0 saturated carbocycles. The van der Waals surface area contributed by atoms with E-state index < -0.39 is 5.91 Å². The van der Waals surface area contributed by atoms with Crippen molar-refractivity contribution in [3.8, 4) is 0 Å². The molecule has 0 spiro atoms. The van der Waals surface area contributed by atoms with Crippen LogP contribution in [0, 0.1) is 0 Å². The van der Waals surface area contributed by atoms with E-state index in [2.05, 4.69) is 15.5 Å². The minimum atomic E-state index is -0.414. The molecule has 0 aliphatic rings. The van der Waals surface area contributed by atoms with Gasteiger partial charge in [-0.3, -0.25) is 10.1 Å². The summed E-state index contributed by atoms with van der Waals surface area (Å²) in [5, 5.41) is 9.98. The summed E-state index contributed by atoms with van der Waals surface area (Å²) in [6.45, 7) is 1.99. The van der Waals surface area contributed by atoms with Gasteiger partial charge < -0.3 is 4.42 Å². The van der Waals surface area contributed by atoms with Gasteiger partial charge in [0.05, 0.1) is 12.1 Å². The number of carbonyl (C=O) groups excluding carboxylic acids is 1. The van der Waals surface area contributed by atoms with E-state index in [9.17, 15) is 8.68 Å². The van der Waals surface area contributed by atoms with E-state index in [1.54, 1.807) is 18.2 Å². The first kappa shape index (κ1) is 13.5. The molecular formula is C12H12FN3O2S. The molecule has 0 bridgehead atoms. The van der Waals surface area contributed by atoms with E-state index in [1.165, 1.54) is 6.07 Å². The fourth-order valence-electron chi connectivity index (χ4n) is 1.47. The van der Waals surface area contributed by atoms with Crippen molar-refractivity contribution in [2.75, 3.05) is 5.32 Å². The first-order valence-electron chi connectivity index (χ1n) is 5.75. The summed E-state index contributed by atoms with van der Waals surface area (Å²) in [5.74, 6) is 0.0634. The van der Waals surface area contributed by atoms with Gasteiger partial charge in [-0.25, -0.2) is 0 Å². The second-order valence-corrected chi connectivity index (χ2v) is 4.44. The number of aromatic nitrogens is 2. The molecule has 0 radical (unpaired) electrons. The second-order valence-electron chi connectivity index (χ2n) is 3.81. The van der Waals surface area contributed by atoms with Crippen molar-refractivity contribution in [1.29, 1.82) is 0 Å². The minimum Gasteiger partial charge on any atom is -0.408 e. The Morgan fingerprint density at radius 3 is 3.05 bits per heavy atom. The molecule has 2 aromatic rings. The molecule has 0 aliphatic heterocycles. The van der Waals surface area contributed by atoms with Crippen LogP contribution in [0.4, 0.5) is 9.90 Å². The van der Waals surface area contributed by atoms with Gasteiger partial charge in [-0.1, -0.05) is 18.1 Å². The zero-order valence-electron chi connectivity index (χ0n) is 10.2. The predicted molar refractivity (Wildman–Crippen MR) is 69.7 cm³/mol. The van der Waals surface area contributed by atoms with Gasteiger partial charge in [0, 0.05) is 16.9 Å². The van der Waals surface area contributed by atoms with Crippen LogP contribution in [0.1, 0.15) is 29.6 Å². The first-order chi connectivity index (χ1) is 9.22. The summed E-state index contributed by atoms with van der Waals surface area (Å²) in [4.78, 5) is 12.2. The quantitative estimate of drug-likeness (QED) is 0.911. The molecular weight excluding hydrogens is 269 g/mol. The number of hydrogen-bond acceptors (Lipinski definition) is 5. The topological polar surface area (TPSA) is 68.0 Å². The number of carbonyl (C=O) groups is 1. The van der Waals surface area contributed by atoms with E-state index in [-0.39, 0.29) is 18.2 Å². The van der Waals surface area contributed by atoms with Crippen molar-refractivity contribution in [2.24, 2.45) is 0 Å². The Labute approximate surface area is 113 Å². The van der Waals surface area contributed by atoms with Crippen molar-refractivity contribution < 1.29 is 13.1 Å². The molecule has 0 unspecified atom stereocenters. The smallest absolute Gasteiger partial charge is 0.322 e. The zero-order valence-corrected chi connectivity index (χ0v) is 11.0. The zero-order chi connectivity index (χ0) is 13.7.